The number of benzene rings is 2. The van der Waals surface area contributed by atoms with Crippen LogP contribution in [0, 0.1) is 0 Å². The Balaban J connectivity index is 1.92. The van der Waals surface area contributed by atoms with E-state index >= 15 is 0 Å². The van der Waals surface area contributed by atoms with Crippen LogP contribution in [0.15, 0.2) is 52.4 Å². The minimum Gasteiger partial charge on any atom is -0.493 e. The molecule has 0 radical (unpaired) electrons. The molecule has 2 aromatic carbocycles. The van der Waals surface area contributed by atoms with Gasteiger partial charge in [-0.3, -0.25) is 9.69 Å². The maximum atomic E-state index is 12.7. The average molecular weight is 431 g/mol. The van der Waals surface area contributed by atoms with E-state index in [1.165, 1.54) is 28.8 Å². The number of hydrogen-bond donors (Lipinski definition) is 1. The lowest BCUT2D eigenvalue weighted by Crippen LogP contribution is -2.23. The standard InChI is InChI=1S/C21H19ClN2O4S/c1-3-9-28-17-8-7-15(22)10-14(17)12-18-19(25)24(2)21(29-18)23-16-6-4-5-13(11-16)20(26)27/h4-8,10-12H,3,9H2,1-2H3,(H,26,27)/b18-12+,23-21?. The molecule has 1 aliphatic rings. The number of aromatic carboxylic acids is 1. The second kappa shape index (κ2) is 9.15. The van der Waals surface area contributed by atoms with Crippen LogP contribution in [0.2, 0.25) is 5.02 Å². The molecule has 1 amide bonds. The van der Waals surface area contributed by atoms with E-state index in [4.69, 9.17) is 21.4 Å². The average Bonchev–Trinajstić information content (AvgIpc) is 2.95. The Morgan fingerprint density at radius 1 is 1.31 bits per heavy atom. The van der Waals surface area contributed by atoms with E-state index in [2.05, 4.69) is 4.99 Å². The number of carbonyl (C=O) groups excluding carboxylic acids is 1. The van der Waals surface area contributed by atoms with Crippen LogP contribution in [0.4, 0.5) is 5.69 Å². The van der Waals surface area contributed by atoms with Crippen molar-refractivity contribution in [2.24, 2.45) is 4.99 Å². The van der Waals surface area contributed by atoms with Crippen molar-refractivity contribution in [3.63, 3.8) is 0 Å². The predicted octanol–water partition coefficient (Wildman–Crippen LogP) is 5.06. The van der Waals surface area contributed by atoms with E-state index in [1.807, 2.05) is 6.92 Å². The van der Waals surface area contributed by atoms with Gasteiger partial charge < -0.3 is 9.84 Å². The van der Waals surface area contributed by atoms with Crippen molar-refractivity contribution >= 4 is 52.2 Å². The van der Waals surface area contributed by atoms with Crippen LogP contribution in [0.25, 0.3) is 6.08 Å². The largest absolute Gasteiger partial charge is 0.493 e. The summed E-state index contributed by atoms with van der Waals surface area (Å²) in [7, 11) is 1.63. The molecule has 1 heterocycles. The van der Waals surface area contributed by atoms with Crippen molar-refractivity contribution in [2.45, 2.75) is 13.3 Å². The van der Waals surface area contributed by atoms with Crippen LogP contribution >= 0.6 is 23.4 Å². The fourth-order valence-corrected chi connectivity index (χ4v) is 3.75. The minimum absolute atomic E-state index is 0.135. The number of ether oxygens (including phenoxy) is 1. The Morgan fingerprint density at radius 2 is 2.10 bits per heavy atom. The number of nitrogens with zero attached hydrogens (tertiary/aromatic N) is 2. The maximum absolute atomic E-state index is 12.7. The quantitative estimate of drug-likeness (QED) is 0.648. The lowest BCUT2D eigenvalue weighted by molar-refractivity contribution is -0.121. The molecular weight excluding hydrogens is 412 g/mol. The first kappa shape index (κ1) is 21.0. The van der Waals surface area contributed by atoms with Crippen molar-refractivity contribution in [1.29, 1.82) is 0 Å². The molecule has 0 saturated carbocycles. The van der Waals surface area contributed by atoms with Gasteiger partial charge in [-0.1, -0.05) is 24.6 Å². The van der Waals surface area contributed by atoms with Gasteiger partial charge in [-0.05, 0) is 60.7 Å². The Bertz CT molecular complexity index is 1020. The van der Waals surface area contributed by atoms with Crippen molar-refractivity contribution < 1.29 is 19.4 Å². The predicted molar refractivity (Wildman–Crippen MR) is 116 cm³/mol. The van der Waals surface area contributed by atoms with Gasteiger partial charge in [0.05, 0.1) is 22.8 Å². The number of rotatable bonds is 6. The smallest absolute Gasteiger partial charge is 0.335 e. The number of thioether (sulfide) groups is 1. The molecule has 0 unspecified atom stereocenters. The zero-order valence-corrected chi connectivity index (χ0v) is 17.5. The number of carbonyl (C=O) groups is 2. The third-order valence-corrected chi connectivity index (χ3v) is 5.34. The molecule has 1 fully saturated rings. The summed E-state index contributed by atoms with van der Waals surface area (Å²) >= 11 is 7.33. The van der Waals surface area contributed by atoms with Gasteiger partial charge >= 0.3 is 5.97 Å². The second-order valence-corrected chi connectivity index (χ2v) is 7.70. The number of carboxylic acid groups (broad SMARTS) is 1. The number of aliphatic imine (C=N–C) groups is 1. The Labute approximate surface area is 177 Å². The lowest BCUT2D eigenvalue weighted by Gasteiger charge is -2.09. The van der Waals surface area contributed by atoms with Crippen LogP contribution in [-0.2, 0) is 4.79 Å². The second-order valence-electron chi connectivity index (χ2n) is 6.26. The summed E-state index contributed by atoms with van der Waals surface area (Å²) in [6.07, 6.45) is 2.60. The van der Waals surface area contributed by atoms with Gasteiger partial charge in [0.25, 0.3) is 5.91 Å². The highest BCUT2D eigenvalue weighted by Gasteiger charge is 2.30. The maximum Gasteiger partial charge on any atom is 0.335 e. The summed E-state index contributed by atoms with van der Waals surface area (Å²) < 4.78 is 5.75. The molecule has 2 aromatic rings. The van der Waals surface area contributed by atoms with E-state index in [0.29, 0.717) is 38.7 Å². The molecule has 0 spiro atoms. The summed E-state index contributed by atoms with van der Waals surface area (Å²) in [6, 6.07) is 11.5. The third-order valence-electron chi connectivity index (χ3n) is 4.04. The van der Waals surface area contributed by atoms with Crippen molar-refractivity contribution in [2.75, 3.05) is 13.7 Å². The summed E-state index contributed by atoms with van der Waals surface area (Å²) in [6.45, 7) is 2.58. The monoisotopic (exact) mass is 430 g/mol. The SMILES string of the molecule is CCCOc1ccc(Cl)cc1/C=C1/SC(=Nc2cccc(C(=O)O)c2)N(C)C1=O. The highest BCUT2D eigenvalue weighted by atomic mass is 35.5. The molecule has 6 nitrogen and oxygen atoms in total. The van der Waals surface area contributed by atoms with E-state index in [9.17, 15) is 9.59 Å². The van der Waals surface area contributed by atoms with Gasteiger partial charge in [0.15, 0.2) is 5.17 Å². The van der Waals surface area contributed by atoms with E-state index in [1.54, 1.807) is 43.5 Å². The molecule has 1 N–H and O–H groups in total. The fourth-order valence-electron chi connectivity index (χ4n) is 2.59. The molecule has 3 rings (SSSR count). The summed E-state index contributed by atoms with van der Waals surface area (Å²) in [4.78, 5) is 30.2. The van der Waals surface area contributed by atoms with Gasteiger partial charge in [-0.15, -0.1) is 0 Å². The van der Waals surface area contributed by atoms with Gasteiger partial charge in [0.1, 0.15) is 5.75 Å². The molecule has 150 valence electrons. The first-order chi connectivity index (χ1) is 13.9. The first-order valence-electron chi connectivity index (χ1n) is 8.91. The third kappa shape index (κ3) is 4.99. The van der Waals surface area contributed by atoms with E-state index < -0.39 is 5.97 Å². The van der Waals surface area contributed by atoms with Crippen LogP contribution in [0.1, 0.15) is 29.3 Å². The number of likely N-dealkylation sites (N-methyl/N-ethyl adjacent to an activating group) is 1. The lowest BCUT2D eigenvalue weighted by atomic mass is 10.2. The Hall–Kier alpha value is -2.77. The Morgan fingerprint density at radius 3 is 2.83 bits per heavy atom. The number of halogens is 1. The number of amides is 1. The summed E-state index contributed by atoms with van der Waals surface area (Å²) in [5, 5.41) is 10.1. The molecule has 0 atom stereocenters. The molecule has 8 heteroatoms. The van der Waals surface area contributed by atoms with Crippen molar-refractivity contribution in [3.05, 3.63) is 63.5 Å². The van der Waals surface area contributed by atoms with Gasteiger partial charge in [-0.2, -0.15) is 0 Å². The van der Waals surface area contributed by atoms with Crippen LogP contribution in [-0.4, -0.2) is 40.7 Å². The highest BCUT2D eigenvalue weighted by Crippen LogP contribution is 2.35. The zero-order chi connectivity index (χ0) is 21.0. The molecule has 0 bridgehead atoms. The zero-order valence-electron chi connectivity index (χ0n) is 15.9. The fraction of sp³-hybridized carbons (Fsp3) is 0.190. The number of hydrogen-bond acceptors (Lipinski definition) is 5. The van der Waals surface area contributed by atoms with Gasteiger partial charge in [-0.25, -0.2) is 9.79 Å². The van der Waals surface area contributed by atoms with Gasteiger partial charge in [0.2, 0.25) is 0 Å². The number of carboxylic acids is 1. The van der Waals surface area contributed by atoms with Gasteiger partial charge in [0, 0.05) is 17.6 Å². The molecule has 0 aliphatic carbocycles. The van der Waals surface area contributed by atoms with Crippen LogP contribution < -0.4 is 4.74 Å². The summed E-state index contributed by atoms with van der Waals surface area (Å²) in [5.41, 5.74) is 1.31. The van der Waals surface area contributed by atoms with Crippen molar-refractivity contribution in [1.82, 2.24) is 4.90 Å². The normalized spacial score (nSPS) is 16.7. The van der Waals surface area contributed by atoms with Crippen LogP contribution in [0.3, 0.4) is 0 Å². The van der Waals surface area contributed by atoms with E-state index in [0.717, 1.165) is 6.42 Å². The Kier molecular flexibility index (Phi) is 6.61. The molecule has 0 aromatic heterocycles. The first-order valence-corrected chi connectivity index (χ1v) is 10.1. The molecule has 1 aliphatic heterocycles. The minimum atomic E-state index is -1.03. The number of amidine groups is 1. The van der Waals surface area contributed by atoms with Crippen molar-refractivity contribution in [3.8, 4) is 5.75 Å². The van der Waals surface area contributed by atoms with Crippen LogP contribution in [0.5, 0.6) is 5.75 Å². The van der Waals surface area contributed by atoms with E-state index in [-0.39, 0.29) is 11.5 Å². The summed E-state index contributed by atoms with van der Waals surface area (Å²) in [5.74, 6) is -0.583. The topological polar surface area (TPSA) is 79.2 Å². The molecule has 1 saturated heterocycles. The molecule has 29 heavy (non-hydrogen) atoms. The highest BCUT2D eigenvalue weighted by molar-refractivity contribution is 8.18. The molecular formula is C21H19ClN2O4S.